The molecule has 4 N–H and O–H groups in total. The number of nitrogens with one attached hydrogen (secondary N) is 2. The lowest BCUT2D eigenvalue weighted by Gasteiger charge is -2.20. The maximum atomic E-state index is 13.6. The quantitative estimate of drug-likeness (QED) is 0.269. The first-order valence-electron chi connectivity index (χ1n) is 13.4. The molecule has 11 heteroatoms. The Morgan fingerprint density at radius 1 is 1.05 bits per heavy atom. The van der Waals surface area contributed by atoms with E-state index in [0.29, 0.717) is 37.5 Å². The van der Waals surface area contributed by atoms with Gasteiger partial charge in [0.15, 0.2) is 5.82 Å². The largest absolute Gasteiger partial charge is 0.497 e. The Labute approximate surface area is 237 Å². The van der Waals surface area contributed by atoms with Crippen LogP contribution in [0.5, 0.6) is 11.5 Å². The molecule has 0 saturated carbocycles. The van der Waals surface area contributed by atoms with Gasteiger partial charge in [-0.2, -0.15) is 0 Å². The molecule has 0 aliphatic carbocycles. The van der Waals surface area contributed by atoms with Gasteiger partial charge >= 0.3 is 0 Å². The zero-order valence-electron chi connectivity index (χ0n) is 23.3. The topological polar surface area (TPSA) is 146 Å². The number of carbonyl (C=O) groups is 1. The first-order chi connectivity index (χ1) is 19.9. The van der Waals surface area contributed by atoms with Crippen LogP contribution in [-0.4, -0.2) is 46.2 Å². The van der Waals surface area contributed by atoms with E-state index in [-0.39, 0.29) is 23.2 Å². The zero-order valence-corrected chi connectivity index (χ0v) is 23.3. The molecule has 1 aliphatic rings. The van der Waals surface area contributed by atoms with Crippen molar-refractivity contribution >= 4 is 17.5 Å². The number of amides is 1. The van der Waals surface area contributed by atoms with Gasteiger partial charge in [0, 0.05) is 42.3 Å². The number of methoxy groups -OCH3 is 2. The summed E-state index contributed by atoms with van der Waals surface area (Å²) in [6, 6.07) is 14.4. The Kier molecular flexibility index (Phi) is 8.14. The van der Waals surface area contributed by atoms with Gasteiger partial charge in [0.25, 0.3) is 5.56 Å². The Balaban J connectivity index is 1.35. The number of anilines is 2. The predicted molar refractivity (Wildman–Crippen MR) is 155 cm³/mol. The lowest BCUT2D eigenvalue weighted by Crippen LogP contribution is -2.36. The molecule has 4 aromatic rings. The third kappa shape index (κ3) is 5.98. The van der Waals surface area contributed by atoms with Crippen molar-refractivity contribution < 1.29 is 14.3 Å². The Hall–Kier alpha value is -4.93. The van der Waals surface area contributed by atoms with Gasteiger partial charge in [-0.25, -0.2) is 9.97 Å². The molecule has 41 heavy (non-hydrogen) atoms. The molecule has 1 aliphatic heterocycles. The van der Waals surface area contributed by atoms with Gasteiger partial charge in [-0.05, 0) is 61.2 Å². The number of rotatable bonds is 10. The summed E-state index contributed by atoms with van der Waals surface area (Å²) in [5.74, 6) is 1.59. The number of ether oxygens (including phenoxy) is 2. The number of hydrogen-bond donors (Lipinski definition) is 3. The predicted octanol–water partition coefficient (Wildman–Crippen LogP) is 2.99. The van der Waals surface area contributed by atoms with Crippen molar-refractivity contribution in [3.8, 4) is 11.5 Å². The summed E-state index contributed by atoms with van der Waals surface area (Å²) in [4.78, 5) is 40.0. The molecule has 0 fully saturated rings. The molecule has 0 bridgehead atoms. The van der Waals surface area contributed by atoms with Crippen LogP contribution in [0.3, 0.4) is 0 Å². The number of benzene rings is 1. The van der Waals surface area contributed by atoms with E-state index in [9.17, 15) is 9.59 Å². The summed E-state index contributed by atoms with van der Waals surface area (Å²) in [6.07, 6.45) is 4.45. The third-order valence-electron chi connectivity index (χ3n) is 7.38. The minimum atomic E-state index is -0.622. The van der Waals surface area contributed by atoms with Crippen molar-refractivity contribution in [3.63, 3.8) is 0 Å². The molecule has 0 spiro atoms. The van der Waals surface area contributed by atoms with Gasteiger partial charge in [0.2, 0.25) is 5.91 Å². The number of nitrogen functional groups attached to an aromatic ring is 1. The Morgan fingerprint density at radius 3 is 2.49 bits per heavy atom. The highest BCUT2D eigenvalue weighted by molar-refractivity contribution is 5.81. The molecule has 0 unspecified atom stereocenters. The second kappa shape index (κ2) is 12.1. The van der Waals surface area contributed by atoms with Crippen molar-refractivity contribution in [1.29, 1.82) is 0 Å². The fourth-order valence-corrected chi connectivity index (χ4v) is 5.05. The van der Waals surface area contributed by atoms with Gasteiger partial charge in [0.05, 0.1) is 20.4 Å². The van der Waals surface area contributed by atoms with E-state index in [4.69, 9.17) is 15.2 Å². The first-order valence-corrected chi connectivity index (χ1v) is 13.4. The van der Waals surface area contributed by atoms with Crippen LogP contribution in [0.25, 0.3) is 0 Å². The molecule has 5 rings (SSSR count). The molecule has 3 aromatic heterocycles. The van der Waals surface area contributed by atoms with Crippen LogP contribution in [-0.2, 0) is 17.8 Å². The molecule has 0 saturated heterocycles. The van der Waals surface area contributed by atoms with E-state index in [1.165, 1.54) is 0 Å². The second-order valence-electron chi connectivity index (χ2n) is 9.86. The number of carbonyl (C=O) groups excluding carboxylic acids is 1. The molecule has 212 valence electrons. The third-order valence-corrected chi connectivity index (χ3v) is 7.38. The number of hydrogen-bond acceptors (Lipinski definition) is 9. The SMILES string of the molecule is COc1ccc([C@H](CNc2ncc3n(c2=O)[C@H](C(=O)NCc2ccc(N)nc2C)CC3)c2ccc(OC)cn2)cc1. The minimum Gasteiger partial charge on any atom is -0.497 e. The second-order valence-corrected chi connectivity index (χ2v) is 9.86. The van der Waals surface area contributed by atoms with E-state index in [0.717, 1.165) is 34.0 Å². The number of nitrogens with zero attached hydrogens (tertiary/aromatic N) is 4. The normalized spacial score (nSPS) is 14.7. The summed E-state index contributed by atoms with van der Waals surface area (Å²) in [6.45, 7) is 2.50. The number of pyridine rings is 2. The smallest absolute Gasteiger partial charge is 0.294 e. The molecule has 2 atom stereocenters. The average molecular weight is 556 g/mol. The average Bonchev–Trinajstić information content (AvgIpc) is 3.43. The van der Waals surface area contributed by atoms with Crippen LogP contribution in [0.15, 0.2) is 65.7 Å². The monoisotopic (exact) mass is 555 g/mol. The summed E-state index contributed by atoms with van der Waals surface area (Å²) in [5.41, 5.74) is 9.55. The van der Waals surface area contributed by atoms with E-state index < -0.39 is 6.04 Å². The lowest BCUT2D eigenvalue weighted by atomic mass is 9.95. The van der Waals surface area contributed by atoms with Crippen molar-refractivity contribution in [2.45, 2.75) is 38.3 Å². The summed E-state index contributed by atoms with van der Waals surface area (Å²) in [7, 11) is 3.21. The first kappa shape index (κ1) is 27.6. The molecule has 1 amide bonds. The molecule has 0 radical (unpaired) electrons. The zero-order chi connectivity index (χ0) is 28.9. The highest BCUT2D eigenvalue weighted by Crippen LogP contribution is 2.28. The van der Waals surface area contributed by atoms with Crippen LogP contribution in [0.2, 0.25) is 0 Å². The fourth-order valence-electron chi connectivity index (χ4n) is 5.05. The van der Waals surface area contributed by atoms with Crippen molar-refractivity contribution in [2.24, 2.45) is 0 Å². The Morgan fingerprint density at radius 2 is 1.80 bits per heavy atom. The summed E-state index contributed by atoms with van der Waals surface area (Å²) < 4.78 is 12.1. The van der Waals surface area contributed by atoms with Gasteiger partial charge in [-0.1, -0.05) is 18.2 Å². The minimum absolute atomic E-state index is 0.180. The Bertz CT molecular complexity index is 1540. The highest BCUT2D eigenvalue weighted by Gasteiger charge is 2.31. The number of aromatic nitrogens is 4. The van der Waals surface area contributed by atoms with E-state index in [2.05, 4.69) is 25.6 Å². The van der Waals surface area contributed by atoms with Gasteiger partial charge < -0.3 is 25.8 Å². The molecule has 1 aromatic carbocycles. The van der Waals surface area contributed by atoms with Gasteiger partial charge in [-0.3, -0.25) is 19.1 Å². The van der Waals surface area contributed by atoms with Crippen LogP contribution < -0.4 is 31.4 Å². The standard InChI is InChI=1S/C30H33N7O4/c1-18-20(6-13-27(31)36-18)14-35-29(38)26-12-7-21-15-33-28(30(39)37(21)26)34-17-24(19-4-8-22(40-2)9-5-19)25-11-10-23(41-3)16-32-25/h4-6,8-11,13,15-16,24,26H,7,12,14,17H2,1-3H3,(H2,31,36)(H,33,34)(H,35,38)/t24-,26-/m0/s1. The van der Waals surface area contributed by atoms with Gasteiger partial charge in [-0.15, -0.1) is 0 Å². The maximum Gasteiger partial charge on any atom is 0.294 e. The van der Waals surface area contributed by atoms with Crippen LogP contribution >= 0.6 is 0 Å². The summed E-state index contributed by atoms with van der Waals surface area (Å²) >= 11 is 0. The highest BCUT2D eigenvalue weighted by atomic mass is 16.5. The van der Waals surface area contributed by atoms with Gasteiger partial charge in [0.1, 0.15) is 23.4 Å². The van der Waals surface area contributed by atoms with E-state index in [1.54, 1.807) is 37.2 Å². The molecule has 4 heterocycles. The number of aryl methyl sites for hydroxylation is 2. The fraction of sp³-hybridized carbons (Fsp3) is 0.300. The number of nitrogens with two attached hydrogens (primary N) is 1. The van der Waals surface area contributed by atoms with E-state index in [1.807, 2.05) is 49.4 Å². The summed E-state index contributed by atoms with van der Waals surface area (Å²) in [5, 5.41) is 6.18. The van der Waals surface area contributed by atoms with Crippen LogP contribution in [0.1, 0.15) is 46.6 Å². The lowest BCUT2D eigenvalue weighted by molar-refractivity contribution is -0.124. The number of fused-ring (bicyclic) bond motifs is 1. The van der Waals surface area contributed by atoms with Crippen molar-refractivity contribution in [3.05, 3.63) is 99.5 Å². The van der Waals surface area contributed by atoms with E-state index >= 15 is 0 Å². The molecule has 11 nitrogen and oxygen atoms in total. The molecular weight excluding hydrogens is 522 g/mol. The molecular formula is C30H33N7O4. The van der Waals surface area contributed by atoms with Crippen LogP contribution in [0.4, 0.5) is 11.6 Å². The maximum absolute atomic E-state index is 13.6. The van der Waals surface area contributed by atoms with Crippen molar-refractivity contribution in [2.75, 3.05) is 31.8 Å². The van der Waals surface area contributed by atoms with Crippen LogP contribution in [0, 0.1) is 6.92 Å². The van der Waals surface area contributed by atoms with Crippen molar-refractivity contribution in [1.82, 2.24) is 24.8 Å².